The van der Waals surface area contributed by atoms with Crippen LogP contribution in [0.5, 0.6) is 5.75 Å². The van der Waals surface area contributed by atoms with E-state index < -0.39 is 57.6 Å². The van der Waals surface area contributed by atoms with Gasteiger partial charge >= 0.3 is 13.7 Å². The highest BCUT2D eigenvalue weighted by atomic mass is 31.2. The molecule has 0 aliphatic carbocycles. The maximum absolute atomic E-state index is 13.8. The Kier molecular flexibility index (Phi) is 11.4. The molecule has 0 amide bonds. The van der Waals surface area contributed by atoms with Crippen molar-refractivity contribution in [1.82, 2.24) is 24.6 Å². The first kappa shape index (κ1) is 32.2. The third kappa shape index (κ3) is 8.57. The number of carbonyl (C=O) groups excluding carboxylic acids is 1. The number of nitrogens with one attached hydrogen (secondary N) is 2. The monoisotopic (exact) mass is 597 g/mol. The quantitative estimate of drug-likeness (QED) is 0.139. The molecule has 0 aliphatic rings. The van der Waals surface area contributed by atoms with Crippen LogP contribution in [0.1, 0.15) is 40.3 Å². The molecule has 0 radical (unpaired) electrons. The number of hydrogen-bond donors (Lipinski definition) is 4. The molecule has 3 aromatic rings. The van der Waals surface area contributed by atoms with Gasteiger partial charge < -0.3 is 30.2 Å². The molecule has 16 heteroatoms. The molecule has 2 heterocycles. The Morgan fingerprint density at radius 3 is 2.54 bits per heavy atom. The number of aliphatic hydroxyl groups is 1. The zero-order valence-electron chi connectivity index (χ0n) is 23.6. The lowest BCUT2D eigenvalue weighted by Gasteiger charge is -2.29. The van der Waals surface area contributed by atoms with Crippen molar-refractivity contribution >= 4 is 36.6 Å². The van der Waals surface area contributed by atoms with E-state index in [4.69, 9.17) is 24.3 Å². The van der Waals surface area contributed by atoms with Crippen molar-refractivity contribution in [3.8, 4) is 5.75 Å². The van der Waals surface area contributed by atoms with E-state index in [2.05, 4.69) is 25.4 Å². The number of esters is 1. The second kappa shape index (κ2) is 14.5. The first-order valence-electron chi connectivity index (χ1n) is 13.0. The predicted octanol–water partition coefficient (Wildman–Crippen LogP) is 3.21. The Bertz CT molecular complexity index is 1330. The molecule has 5 N–H and O–H groups in total. The molecule has 0 fully saturated rings. The third-order valence-electron chi connectivity index (χ3n) is 5.69. The average Bonchev–Trinajstić information content (AvgIpc) is 3.36. The van der Waals surface area contributed by atoms with Gasteiger partial charge in [0.25, 0.3) is 0 Å². The zero-order chi connectivity index (χ0) is 30.2. The van der Waals surface area contributed by atoms with Crippen molar-refractivity contribution in [3.63, 3.8) is 0 Å². The molecule has 5 atom stereocenters. The van der Waals surface area contributed by atoms with Crippen molar-refractivity contribution in [2.75, 3.05) is 31.4 Å². The SMILES string of the molecule is CC[C@@H](O[C@H](CO[P@@](=O)(N[C@H](C)C(=O)OC(C)C)Oc1ccccc1)[C@@H](O)CF)n1cnc2c(NC)nc(N)nc21. The van der Waals surface area contributed by atoms with E-state index in [0.717, 1.165) is 0 Å². The molecular formula is C25H37FN7O7P. The fraction of sp³-hybridized carbons (Fsp3) is 0.520. The minimum atomic E-state index is -4.30. The van der Waals surface area contributed by atoms with E-state index in [1.54, 1.807) is 62.7 Å². The molecule has 14 nitrogen and oxygen atoms in total. The largest absolute Gasteiger partial charge is 0.462 e. The molecule has 41 heavy (non-hydrogen) atoms. The smallest absolute Gasteiger partial charge is 0.459 e. The average molecular weight is 598 g/mol. The summed E-state index contributed by atoms with van der Waals surface area (Å²) in [6.07, 6.45) is -2.39. The van der Waals surface area contributed by atoms with Crippen LogP contribution < -0.4 is 20.7 Å². The first-order valence-corrected chi connectivity index (χ1v) is 14.6. The van der Waals surface area contributed by atoms with Crippen LogP contribution in [0.15, 0.2) is 36.7 Å². The van der Waals surface area contributed by atoms with Crippen molar-refractivity contribution in [2.24, 2.45) is 0 Å². The summed E-state index contributed by atoms with van der Waals surface area (Å²) < 4.78 is 51.6. The molecule has 0 bridgehead atoms. The summed E-state index contributed by atoms with van der Waals surface area (Å²) in [5, 5.41) is 15.9. The number of rotatable bonds is 16. The maximum atomic E-state index is 13.8. The van der Waals surface area contributed by atoms with Gasteiger partial charge in [0.1, 0.15) is 36.9 Å². The number of anilines is 2. The Morgan fingerprint density at radius 1 is 1.22 bits per heavy atom. The molecule has 2 aromatic heterocycles. The third-order valence-corrected chi connectivity index (χ3v) is 7.33. The number of carbonyl (C=O) groups is 1. The standard InChI is InChI=1S/C25H37FN7O7P/c1-6-20(33-14-29-21-22(28-5)30-25(27)31-23(21)33)39-19(18(34)12-26)13-37-41(36,40-17-10-8-7-9-11-17)32-16(4)24(35)38-15(2)3/h7-11,14-16,18-20,34H,6,12-13H2,1-5H3,(H,32,36)(H3,27,28,30,31)/t16-,18+,19-,20-,41+/m1/s1. The van der Waals surface area contributed by atoms with Crippen LogP contribution in [-0.2, 0) is 23.4 Å². The lowest BCUT2D eigenvalue weighted by Crippen LogP contribution is -2.39. The molecule has 0 saturated carbocycles. The molecule has 226 valence electrons. The number of para-hydroxylation sites is 1. The summed E-state index contributed by atoms with van der Waals surface area (Å²) in [4.78, 5) is 25.1. The van der Waals surface area contributed by atoms with E-state index >= 15 is 0 Å². The highest BCUT2D eigenvalue weighted by molar-refractivity contribution is 7.52. The Morgan fingerprint density at radius 2 is 1.93 bits per heavy atom. The van der Waals surface area contributed by atoms with E-state index in [0.29, 0.717) is 23.4 Å². The number of nitrogen functional groups attached to an aromatic ring is 1. The van der Waals surface area contributed by atoms with Gasteiger partial charge in [0.05, 0.1) is 19.0 Å². The van der Waals surface area contributed by atoms with Crippen LogP contribution in [-0.4, -0.2) is 75.3 Å². The van der Waals surface area contributed by atoms with Gasteiger partial charge in [0.15, 0.2) is 17.0 Å². The normalized spacial score (nSPS) is 16.1. The van der Waals surface area contributed by atoms with Crippen molar-refractivity contribution in [3.05, 3.63) is 36.7 Å². The first-order chi connectivity index (χ1) is 19.5. The van der Waals surface area contributed by atoms with E-state index in [9.17, 15) is 18.9 Å². The Balaban J connectivity index is 1.85. The molecule has 0 spiro atoms. The highest BCUT2D eigenvalue weighted by Gasteiger charge is 2.35. The van der Waals surface area contributed by atoms with Crippen molar-refractivity contribution < 1.29 is 37.4 Å². The number of aromatic nitrogens is 4. The summed E-state index contributed by atoms with van der Waals surface area (Å²) in [7, 11) is -2.64. The lowest BCUT2D eigenvalue weighted by molar-refractivity contribution is -0.149. The minimum Gasteiger partial charge on any atom is -0.462 e. The number of nitrogens with two attached hydrogens (primary N) is 1. The summed E-state index contributed by atoms with van der Waals surface area (Å²) in [5.74, 6) is -0.0974. The van der Waals surface area contributed by atoms with Gasteiger partial charge in [0.2, 0.25) is 5.95 Å². The molecule has 0 aliphatic heterocycles. The number of benzene rings is 1. The maximum Gasteiger partial charge on any atom is 0.459 e. The Hall–Kier alpha value is -3.36. The molecule has 3 rings (SSSR count). The number of halogens is 1. The Labute approximate surface area is 237 Å². The number of alkyl halides is 1. The predicted molar refractivity (Wildman–Crippen MR) is 150 cm³/mol. The van der Waals surface area contributed by atoms with E-state index in [1.165, 1.54) is 13.3 Å². The van der Waals surface area contributed by atoms with Crippen LogP contribution in [0.25, 0.3) is 11.2 Å². The van der Waals surface area contributed by atoms with Gasteiger partial charge in [-0.1, -0.05) is 25.1 Å². The fourth-order valence-corrected chi connectivity index (χ4v) is 5.23. The van der Waals surface area contributed by atoms with Gasteiger partial charge in [-0.2, -0.15) is 15.1 Å². The lowest BCUT2D eigenvalue weighted by atomic mass is 10.2. The van der Waals surface area contributed by atoms with Crippen LogP contribution in [0.4, 0.5) is 16.2 Å². The van der Waals surface area contributed by atoms with Crippen LogP contribution >= 0.6 is 7.75 Å². The second-order valence-electron chi connectivity index (χ2n) is 9.30. The van der Waals surface area contributed by atoms with Crippen LogP contribution in [0.2, 0.25) is 0 Å². The summed E-state index contributed by atoms with van der Waals surface area (Å²) in [6.45, 7) is 4.83. The molecule has 0 unspecified atom stereocenters. The number of nitrogens with zero attached hydrogens (tertiary/aromatic N) is 4. The fourth-order valence-electron chi connectivity index (χ4n) is 3.73. The van der Waals surface area contributed by atoms with Crippen molar-refractivity contribution in [2.45, 2.75) is 64.7 Å². The zero-order valence-corrected chi connectivity index (χ0v) is 24.5. The minimum absolute atomic E-state index is 0.00248. The molecule has 1 aromatic carbocycles. The number of imidazole rings is 1. The number of aliphatic hydroxyl groups excluding tert-OH is 1. The topological polar surface area (TPSA) is 185 Å². The summed E-state index contributed by atoms with van der Waals surface area (Å²) in [5.41, 5.74) is 6.62. The molecular weight excluding hydrogens is 560 g/mol. The summed E-state index contributed by atoms with van der Waals surface area (Å²) in [6, 6.07) is 7.05. The van der Waals surface area contributed by atoms with Gasteiger partial charge in [-0.15, -0.1) is 0 Å². The van der Waals surface area contributed by atoms with E-state index in [-0.39, 0.29) is 11.7 Å². The van der Waals surface area contributed by atoms with Crippen molar-refractivity contribution in [1.29, 1.82) is 0 Å². The van der Waals surface area contributed by atoms with Gasteiger partial charge in [-0.3, -0.25) is 13.9 Å². The highest BCUT2D eigenvalue weighted by Crippen LogP contribution is 2.45. The number of fused-ring (bicyclic) bond motifs is 1. The van der Waals surface area contributed by atoms with Crippen LogP contribution in [0.3, 0.4) is 0 Å². The second-order valence-corrected chi connectivity index (χ2v) is 11.0. The van der Waals surface area contributed by atoms with Gasteiger partial charge in [0, 0.05) is 7.05 Å². The number of ether oxygens (including phenoxy) is 2. The summed E-state index contributed by atoms with van der Waals surface area (Å²) >= 11 is 0. The van der Waals surface area contributed by atoms with Gasteiger partial charge in [-0.25, -0.2) is 13.9 Å². The van der Waals surface area contributed by atoms with E-state index in [1.807, 2.05) is 0 Å². The van der Waals surface area contributed by atoms with Gasteiger partial charge in [-0.05, 0) is 39.3 Å². The van der Waals surface area contributed by atoms with Crippen LogP contribution in [0, 0.1) is 0 Å². The molecule has 0 saturated heterocycles. The number of hydrogen-bond acceptors (Lipinski definition) is 12.